The molecule has 3 rings (SSSR count). The smallest absolute Gasteiger partial charge is 0.223 e. The Bertz CT molecular complexity index is 722. The molecule has 0 spiro atoms. The van der Waals surface area contributed by atoms with Gasteiger partial charge in [-0.2, -0.15) is 0 Å². The Balaban J connectivity index is 2.03. The van der Waals surface area contributed by atoms with E-state index in [1.807, 2.05) is 18.2 Å². The standard InChI is InChI=1S/C17H21N3O3/c21-12-14-9-16(22)17(23)15(11-19-7-3-4-8-19)20(14)10-13-5-1-2-6-18-13/h1-2,5-6,9,21,23H,3-4,7-8,10-12H2. The predicted molar refractivity (Wildman–Crippen MR) is 86.1 cm³/mol. The van der Waals surface area contributed by atoms with Crippen molar-refractivity contribution >= 4 is 0 Å². The molecule has 0 saturated carbocycles. The summed E-state index contributed by atoms with van der Waals surface area (Å²) in [7, 11) is 0. The zero-order valence-corrected chi connectivity index (χ0v) is 13.0. The maximum atomic E-state index is 12.0. The van der Waals surface area contributed by atoms with Crippen molar-refractivity contribution in [1.29, 1.82) is 0 Å². The fourth-order valence-electron chi connectivity index (χ4n) is 3.04. The molecule has 6 heteroatoms. The Morgan fingerprint density at radius 1 is 1.17 bits per heavy atom. The molecule has 6 nitrogen and oxygen atoms in total. The number of aromatic hydroxyl groups is 1. The zero-order chi connectivity index (χ0) is 16.2. The average molecular weight is 315 g/mol. The third-order valence-corrected chi connectivity index (χ3v) is 4.26. The molecule has 0 atom stereocenters. The van der Waals surface area contributed by atoms with Gasteiger partial charge in [0, 0.05) is 24.5 Å². The lowest BCUT2D eigenvalue weighted by atomic mass is 10.2. The summed E-state index contributed by atoms with van der Waals surface area (Å²) < 4.78 is 1.80. The molecule has 1 aliphatic heterocycles. The third-order valence-electron chi connectivity index (χ3n) is 4.26. The van der Waals surface area contributed by atoms with Gasteiger partial charge in [0.05, 0.1) is 24.5 Å². The second-order valence-electron chi connectivity index (χ2n) is 5.84. The van der Waals surface area contributed by atoms with Crippen LogP contribution in [0.2, 0.25) is 0 Å². The second kappa shape index (κ2) is 6.93. The number of rotatable bonds is 5. The molecule has 2 aromatic rings. The van der Waals surface area contributed by atoms with E-state index in [0.717, 1.165) is 31.6 Å². The van der Waals surface area contributed by atoms with Crippen molar-refractivity contribution in [1.82, 2.24) is 14.5 Å². The van der Waals surface area contributed by atoms with E-state index in [1.165, 1.54) is 6.07 Å². The summed E-state index contributed by atoms with van der Waals surface area (Å²) >= 11 is 0. The number of likely N-dealkylation sites (tertiary alicyclic amines) is 1. The molecule has 0 amide bonds. The molecule has 0 unspecified atom stereocenters. The van der Waals surface area contributed by atoms with E-state index in [-0.39, 0.29) is 12.4 Å². The Labute approximate surface area is 134 Å². The number of aromatic nitrogens is 2. The summed E-state index contributed by atoms with van der Waals surface area (Å²) in [6.45, 7) is 2.58. The second-order valence-corrected chi connectivity index (χ2v) is 5.84. The van der Waals surface area contributed by atoms with Gasteiger partial charge < -0.3 is 14.8 Å². The fraction of sp³-hybridized carbons (Fsp3) is 0.412. The van der Waals surface area contributed by atoms with Crippen molar-refractivity contribution < 1.29 is 10.2 Å². The van der Waals surface area contributed by atoms with Crippen LogP contribution >= 0.6 is 0 Å². The Hall–Kier alpha value is -2.18. The van der Waals surface area contributed by atoms with E-state index in [0.29, 0.717) is 24.5 Å². The minimum Gasteiger partial charge on any atom is -0.503 e. The van der Waals surface area contributed by atoms with Crippen LogP contribution in [0, 0.1) is 0 Å². The quantitative estimate of drug-likeness (QED) is 0.863. The van der Waals surface area contributed by atoms with Gasteiger partial charge in [0.15, 0.2) is 5.75 Å². The first-order valence-electron chi connectivity index (χ1n) is 7.86. The number of aliphatic hydroxyl groups is 1. The van der Waals surface area contributed by atoms with Crippen molar-refractivity contribution in [3.8, 4) is 5.75 Å². The van der Waals surface area contributed by atoms with Gasteiger partial charge in [-0.15, -0.1) is 0 Å². The molecular weight excluding hydrogens is 294 g/mol. The first-order valence-corrected chi connectivity index (χ1v) is 7.86. The van der Waals surface area contributed by atoms with Crippen molar-refractivity contribution in [2.24, 2.45) is 0 Å². The third kappa shape index (κ3) is 3.43. The van der Waals surface area contributed by atoms with Crippen molar-refractivity contribution in [3.05, 3.63) is 57.8 Å². The Morgan fingerprint density at radius 3 is 2.61 bits per heavy atom. The highest BCUT2D eigenvalue weighted by molar-refractivity contribution is 5.31. The van der Waals surface area contributed by atoms with Crippen LogP contribution in [0.5, 0.6) is 5.75 Å². The minimum atomic E-state index is -0.444. The molecule has 3 heterocycles. The van der Waals surface area contributed by atoms with E-state index < -0.39 is 5.43 Å². The molecule has 1 aliphatic rings. The van der Waals surface area contributed by atoms with Crippen molar-refractivity contribution in [2.75, 3.05) is 13.1 Å². The summed E-state index contributed by atoms with van der Waals surface area (Å²) in [5.74, 6) is -0.231. The molecule has 1 saturated heterocycles. The molecule has 1 fully saturated rings. The summed E-state index contributed by atoms with van der Waals surface area (Å²) in [4.78, 5) is 18.5. The van der Waals surface area contributed by atoms with E-state index in [4.69, 9.17) is 0 Å². The molecule has 0 aromatic carbocycles. The van der Waals surface area contributed by atoms with Gasteiger partial charge >= 0.3 is 0 Å². The number of pyridine rings is 2. The number of hydrogen-bond donors (Lipinski definition) is 2. The zero-order valence-electron chi connectivity index (χ0n) is 13.0. The maximum absolute atomic E-state index is 12.0. The van der Waals surface area contributed by atoms with Crippen LogP contribution in [-0.2, 0) is 19.7 Å². The number of nitrogens with zero attached hydrogens (tertiary/aromatic N) is 3. The minimum absolute atomic E-state index is 0.231. The van der Waals surface area contributed by atoms with E-state index in [2.05, 4.69) is 9.88 Å². The van der Waals surface area contributed by atoms with Gasteiger partial charge in [0.1, 0.15) is 0 Å². The first-order chi connectivity index (χ1) is 11.2. The van der Waals surface area contributed by atoms with Crippen LogP contribution in [0.3, 0.4) is 0 Å². The van der Waals surface area contributed by atoms with Crippen LogP contribution in [0.4, 0.5) is 0 Å². The maximum Gasteiger partial charge on any atom is 0.223 e. The number of hydrogen-bond acceptors (Lipinski definition) is 5. The summed E-state index contributed by atoms with van der Waals surface area (Å²) in [5.41, 5.74) is 1.41. The highest BCUT2D eigenvalue weighted by Gasteiger charge is 2.20. The van der Waals surface area contributed by atoms with Crippen LogP contribution < -0.4 is 5.43 Å². The van der Waals surface area contributed by atoms with Gasteiger partial charge in [0.25, 0.3) is 0 Å². The van der Waals surface area contributed by atoms with Crippen LogP contribution in [0.1, 0.15) is 29.9 Å². The van der Waals surface area contributed by atoms with Gasteiger partial charge in [-0.1, -0.05) is 6.07 Å². The largest absolute Gasteiger partial charge is 0.503 e. The number of aliphatic hydroxyl groups excluding tert-OH is 1. The van der Waals surface area contributed by atoms with Gasteiger partial charge in [-0.05, 0) is 38.1 Å². The van der Waals surface area contributed by atoms with E-state index in [1.54, 1.807) is 10.8 Å². The molecule has 122 valence electrons. The molecular formula is C17H21N3O3. The lowest BCUT2D eigenvalue weighted by Crippen LogP contribution is -2.26. The molecule has 0 radical (unpaired) electrons. The van der Waals surface area contributed by atoms with E-state index >= 15 is 0 Å². The van der Waals surface area contributed by atoms with Gasteiger partial charge in [-0.3, -0.25) is 14.7 Å². The Kier molecular flexibility index (Phi) is 4.73. The van der Waals surface area contributed by atoms with Gasteiger partial charge in [-0.25, -0.2) is 0 Å². The highest BCUT2D eigenvalue weighted by atomic mass is 16.3. The molecule has 0 bridgehead atoms. The monoisotopic (exact) mass is 315 g/mol. The molecule has 23 heavy (non-hydrogen) atoms. The predicted octanol–water partition coefficient (Wildman–Crippen LogP) is 1.09. The molecule has 2 aromatic heterocycles. The van der Waals surface area contributed by atoms with E-state index in [9.17, 15) is 15.0 Å². The van der Waals surface area contributed by atoms with Crippen molar-refractivity contribution in [3.63, 3.8) is 0 Å². The van der Waals surface area contributed by atoms with Crippen LogP contribution in [0.25, 0.3) is 0 Å². The average Bonchev–Trinajstić information content (AvgIpc) is 3.08. The van der Waals surface area contributed by atoms with Crippen LogP contribution in [0.15, 0.2) is 35.3 Å². The SMILES string of the molecule is O=c1cc(CO)n(Cc2ccccn2)c(CN2CCCC2)c1O. The lowest BCUT2D eigenvalue weighted by molar-refractivity contribution is 0.263. The first kappa shape index (κ1) is 15.7. The highest BCUT2D eigenvalue weighted by Crippen LogP contribution is 2.21. The van der Waals surface area contributed by atoms with Crippen LogP contribution in [-0.4, -0.2) is 37.8 Å². The summed E-state index contributed by atoms with van der Waals surface area (Å²) in [6.07, 6.45) is 3.96. The fourth-order valence-corrected chi connectivity index (χ4v) is 3.04. The molecule has 0 aliphatic carbocycles. The van der Waals surface area contributed by atoms with Crippen molar-refractivity contribution in [2.45, 2.75) is 32.5 Å². The topological polar surface area (TPSA) is 78.6 Å². The molecule has 2 N–H and O–H groups in total. The summed E-state index contributed by atoms with van der Waals surface area (Å²) in [6, 6.07) is 6.91. The lowest BCUT2D eigenvalue weighted by Gasteiger charge is -2.22. The van der Waals surface area contributed by atoms with Gasteiger partial charge in [0.2, 0.25) is 5.43 Å². The summed E-state index contributed by atoms with van der Waals surface area (Å²) in [5, 5.41) is 19.9. The Morgan fingerprint density at radius 2 is 1.96 bits per heavy atom. The normalized spacial score (nSPS) is 15.2.